The Hall–Kier alpha value is -2.15. The number of hydrogen-bond acceptors (Lipinski definition) is 3. The molecule has 0 heterocycles. The Morgan fingerprint density at radius 1 is 1.15 bits per heavy atom. The Kier molecular flexibility index (Phi) is 6.97. The topological polar surface area (TPSA) is 75.3 Å². The molecule has 0 aliphatic heterocycles. The van der Waals surface area contributed by atoms with Gasteiger partial charge < -0.3 is 5.32 Å². The van der Waals surface area contributed by atoms with Crippen LogP contribution in [0.15, 0.2) is 59.5 Å². The van der Waals surface area contributed by atoms with Gasteiger partial charge in [0.1, 0.15) is 0 Å². The number of hydrogen-bond donors (Lipinski definition) is 2. The van der Waals surface area contributed by atoms with Crippen molar-refractivity contribution in [3.05, 3.63) is 70.8 Å². The third-order valence-electron chi connectivity index (χ3n) is 3.39. The third-order valence-corrected chi connectivity index (χ3v) is 5.39. The molecule has 0 saturated heterocycles. The van der Waals surface area contributed by atoms with Gasteiger partial charge in [0.15, 0.2) is 0 Å². The van der Waals surface area contributed by atoms with Crippen LogP contribution in [0.1, 0.15) is 25.0 Å². The van der Waals surface area contributed by atoms with Crippen molar-refractivity contribution in [2.45, 2.75) is 31.3 Å². The zero-order valence-electron chi connectivity index (χ0n) is 14.6. The molecule has 0 aliphatic carbocycles. The minimum atomic E-state index is -3.56. The van der Waals surface area contributed by atoms with Crippen molar-refractivity contribution in [2.75, 3.05) is 0 Å². The van der Waals surface area contributed by atoms with Crippen LogP contribution in [0.25, 0.3) is 6.08 Å². The van der Waals surface area contributed by atoms with Crippen LogP contribution in [0, 0.1) is 0 Å². The number of rotatable bonds is 7. The first-order valence-corrected chi connectivity index (χ1v) is 9.96. The molecule has 2 rings (SSSR count). The fourth-order valence-corrected chi connectivity index (χ4v) is 3.74. The van der Waals surface area contributed by atoms with E-state index in [1.165, 1.54) is 12.1 Å². The molecule has 0 unspecified atom stereocenters. The summed E-state index contributed by atoms with van der Waals surface area (Å²) in [5.74, 6) is -0.293. The second-order valence-electron chi connectivity index (χ2n) is 6.00. The van der Waals surface area contributed by atoms with Gasteiger partial charge in [-0.15, -0.1) is 0 Å². The molecule has 0 aromatic heterocycles. The molecule has 0 saturated carbocycles. The van der Waals surface area contributed by atoms with Crippen molar-refractivity contribution in [3.8, 4) is 0 Å². The molecule has 2 N–H and O–H groups in total. The Morgan fingerprint density at radius 3 is 2.58 bits per heavy atom. The molecule has 0 bridgehead atoms. The van der Waals surface area contributed by atoms with E-state index in [0.717, 1.165) is 5.56 Å². The van der Waals surface area contributed by atoms with E-state index in [4.69, 9.17) is 11.6 Å². The first-order valence-electron chi connectivity index (χ1n) is 8.09. The smallest absolute Gasteiger partial charge is 0.244 e. The van der Waals surface area contributed by atoms with E-state index in [1.807, 2.05) is 18.2 Å². The minimum Gasteiger partial charge on any atom is -0.348 e. The van der Waals surface area contributed by atoms with E-state index in [-0.39, 0.29) is 23.4 Å². The molecular formula is C19H21ClN2O3S. The van der Waals surface area contributed by atoms with E-state index in [9.17, 15) is 13.2 Å². The van der Waals surface area contributed by atoms with Crippen LogP contribution < -0.4 is 10.0 Å². The molecule has 2 aromatic rings. The monoisotopic (exact) mass is 392 g/mol. The van der Waals surface area contributed by atoms with E-state index < -0.39 is 10.0 Å². The summed E-state index contributed by atoms with van der Waals surface area (Å²) in [7, 11) is -3.56. The van der Waals surface area contributed by atoms with Gasteiger partial charge in [-0.1, -0.05) is 41.9 Å². The number of nitrogens with one attached hydrogen (secondary N) is 2. The summed E-state index contributed by atoms with van der Waals surface area (Å²) >= 11 is 6.03. The van der Waals surface area contributed by atoms with Gasteiger partial charge in [0, 0.05) is 23.7 Å². The van der Waals surface area contributed by atoms with Crippen molar-refractivity contribution < 1.29 is 13.2 Å². The molecule has 0 radical (unpaired) electrons. The first-order chi connectivity index (χ1) is 12.3. The van der Waals surface area contributed by atoms with Gasteiger partial charge in [-0.2, -0.15) is 0 Å². The standard InChI is InChI=1S/C19H21ClN2O3S/c1-14(2)22-26(24,25)17-8-5-6-15(12-17)13-21-19(23)11-10-16-7-3-4-9-18(16)20/h3-12,14,22H,13H2,1-2H3,(H,21,23). The molecule has 5 nitrogen and oxygen atoms in total. The largest absolute Gasteiger partial charge is 0.348 e. The van der Waals surface area contributed by atoms with Gasteiger partial charge in [-0.25, -0.2) is 13.1 Å². The van der Waals surface area contributed by atoms with E-state index >= 15 is 0 Å². The maximum atomic E-state index is 12.2. The lowest BCUT2D eigenvalue weighted by atomic mass is 10.2. The normalized spacial score (nSPS) is 11.8. The predicted molar refractivity (Wildman–Crippen MR) is 104 cm³/mol. The summed E-state index contributed by atoms with van der Waals surface area (Å²) in [6, 6.07) is 13.5. The van der Waals surface area contributed by atoms with Crippen LogP contribution in [0.4, 0.5) is 0 Å². The average molecular weight is 393 g/mol. The maximum Gasteiger partial charge on any atom is 0.244 e. The number of benzene rings is 2. The summed E-state index contributed by atoms with van der Waals surface area (Å²) in [5, 5.41) is 3.29. The Balaban J connectivity index is 2.00. The SMILES string of the molecule is CC(C)NS(=O)(=O)c1cccc(CNC(=O)C=Cc2ccccc2Cl)c1. The number of sulfonamides is 1. The molecule has 0 atom stereocenters. The Bertz CT molecular complexity index is 909. The minimum absolute atomic E-state index is 0.171. The molecule has 26 heavy (non-hydrogen) atoms. The van der Waals surface area contributed by atoms with Crippen molar-refractivity contribution in [2.24, 2.45) is 0 Å². The van der Waals surface area contributed by atoms with Gasteiger partial charge in [0.05, 0.1) is 4.90 Å². The van der Waals surface area contributed by atoms with Crippen LogP contribution >= 0.6 is 11.6 Å². The molecule has 0 aliphatic rings. The van der Waals surface area contributed by atoms with Crippen molar-refractivity contribution in [3.63, 3.8) is 0 Å². The van der Waals surface area contributed by atoms with Crippen molar-refractivity contribution >= 4 is 33.6 Å². The zero-order chi connectivity index (χ0) is 19.2. The molecule has 2 aromatic carbocycles. The highest BCUT2D eigenvalue weighted by atomic mass is 35.5. The summed E-state index contributed by atoms with van der Waals surface area (Å²) in [6.45, 7) is 3.73. The predicted octanol–water partition coefficient (Wildman–Crippen LogP) is 3.36. The lowest BCUT2D eigenvalue weighted by Crippen LogP contribution is -2.30. The van der Waals surface area contributed by atoms with Gasteiger partial charge >= 0.3 is 0 Å². The Morgan fingerprint density at radius 2 is 1.88 bits per heavy atom. The quantitative estimate of drug-likeness (QED) is 0.709. The van der Waals surface area contributed by atoms with Gasteiger partial charge in [0.2, 0.25) is 15.9 Å². The second kappa shape index (κ2) is 8.98. The maximum absolute atomic E-state index is 12.2. The fourth-order valence-electron chi connectivity index (χ4n) is 2.22. The summed E-state index contributed by atoms with van der Waals surface area (Å²) in [6.07, 6.45) is 3.02. The highest BCUT2D eigenvalue weighted by molar-refractivity contribution is 7.89. The molecule has 1 amide bonds. The van der Waals surface area contributed by atoms with Crippen LogP contribution in [0.3, 0.4) is 0 Å². The average Bonchev–Trinajstić information content (AvgIpc) is 2.58. The van der Waals surface area contributed by atoms with E-state index in [2.05, 4.69) is 10.0 Å². The van der Waals surface area contributed by atoms with E-state index in [1.54, 1.807) is 44.2 Å². The van der Waals surface area contributed by atoms with Gasteiger partial charge in [-0.05, 0) is 49.2 Å². The number of carbonyl (C=O) groups excluding carboxylic acids is 1. The first kappa shape index (κ1) is 20.2. The highest BCUT2D eigenvalue weighted by Gasteiger charge is 2.15. The number of halogens is 1. The number of amides is 1. The number of carbonyl (C=O) groups is 1. The van der Waals surface area contributed by atoms with Crippen LogP contribution in [-0.4, -0.2) is 20.4 Å². The molecule has 138 valence electrons. The van der Waals surface area contributed by atoms with E-state index in [0.29, 0.717) is 10.6 Å². The molecule has 7 heteroatoms. The van der Waals surface area contributed by atoms with Crippen molar-refractivity contribution in [1.82, 2.24) is 10.0 Å². The molecule has 0 fully saturated rings. The van der Waals surface area contributed by atoms with Crippen LogP contribution in [0.2, 0.25) is 5.02 Å². The van der Waals surface area contributed by atoms with Crippen molar-refractivity contribution in [1.29, 1.82) is 0 Å². The van der Waals surface area contributed by atoms with Gasteiger partial charge in [-0.3, -0.25) is 4.79 Å². The fraction of sp³-hybridized carbons (Fsp3) is 0.211. The zero-order valence-corrected chi connectivity index (χ0v) is 16.1. The summed E-state index contributed by atoms with van der Waals surface area (Å²) < 4.78 is 26.9. The second-order valence-corrected chi connectivity index (χ2v) is 8.12. The molecule has 0 spiro atoms. The van der Waals surface area contributed by atoms with Gasteiger partial charge in [0.25, 0.3) is 0 Å². The lowest BCUT2D eigenvalue weighted by molar-refractivity contribution is -0.116. The third kappa shape index (κ3) is 5.98. The lowest BCUT2D eigenvalue weighted by Gasteiger charge is -2.11. The molecular weight excluding hydrogens is 372 g/mol. The Labute approximate surface area is 159 Å². The van der Waals surface area contributed by atoms with Crippen LogP contribution in [-0.2, 0) is 21.4 Å². The highest BCUT2D eigenvalue weighted by Crippen LogP contribution is 2.16. The summed E-state index contributed by atoms with van der Waals surface area (Å²) in [4.78, 5) is 12.1. The van der Waals surface area contributed by atoms with Crippen LogP contribution in [0.5, 0.6) is 0 Å². The summed E-state index contributed by atoms with van der Waals surface area (Å²) in [5.41, 5.74) is 1.44.